The minimum absolute atomic E-state index is 0.101. The molecule has 2 fully saturated rings. The van der Waals surface area contributed by atoms with Gasteiger partial charge < -0.3 is 15.8 Å². The summed E-state index contributed by atoms with van der Waals surface area (Å²) in [6.07, 6.45) is 5.17. The van der Waals surface area contributed by atoms with Crippen molar-refractivity contribution in [2.45, 2.75) is 70.1 Å². The Hall–Kier alpha value is -0.770. The normalized spacial score (nSPS) is 36.7. The largest absolute Gasteiger partial charge is 0.444 e. The number of nitrogens with one attached hydrogen (secondary N) is 1. The summed E-state index contributed by atoms with van der Waals surface area (Å²) in [5.74, 6) is 0.582. The van der Waals surface area contributed by atoms with Crippen LogP contribution < -0.4 is 11.1 Å². The van der Waals surface area contributed by atoms with Crippen molar-refractivity contribution in [1.82, 2.24) is 5.32 Å². The van der Waals surface area contributed by atoms with E-state index in [1.165, 1.54) is 6.42 Å². The maximum Gasteiger partial charge on any atom is 0.408 e. The maximum absolute atomic E-state index is 11.9. The van der Waals surface area contributed by atoms with Gasteiger partial charge in [-0.3, -0.25) is 0 Å². The molecular weight excluding hydrogens is 216 g/mol. The quantitative estimate of drug-likeness (QED) is 0.738. The summed E-state index contributed by atoms with van der Waals surface area (Å²) >= 11 is 0. The van der Waals surface area contributed by atoms with E-state index in [1.807, 2.05) is 20.8 Å². The molecule has 0 heterocycles. The van der Waals surface area contributed by atoms with Crippen LogP contribution in [0, 0.1) is 5.92 Å². The van der Waals surface area contributed by atoms with Crippen LogP contribution in [0.15, 0.2) is 0 Å². The topological polar surface area (TPSA) is 64.3 Å². The molecule has 4 heteroatoms. The first-order valence-electron chi connectivity index (χ1n) is 6.59. The third-order valence-electron chi connectivity index (χ3n) is 4.05. The van der Waals surface area contributed by atoms with Gasteiger partial charge in [-0.2, -0.15) is 0 Å². The third kappa shape index (κ3) is 2.57. The van der Waals surface area contributed by atoms with Crippen molar-refractivity contribution < 1.29 is 9.53 Å². The van der Waals surface area contributed by atoms with Crippen LogP contribution in [0.1, 0.15) is 52.9 Å². The van der Waals surface area contributed by atoms with Crippen molar-refractivity contribution in [3.8, 4) is 0 Å². The molecular formula is C13H24N2O2. The van der Waals surface area contributed by atoms with Crippen LogP contribution in [0.2, 0.25) is 0 Å². The highest BCUT2D eigenvalue weighted by atomic mass is 16.6. The Morgan fingerprint density at radius 1 is 1.35 bits per heavy atom. The molecule has 2 saturated carbocycles. The fraction of sp³-hybridized carbons (Fsp3) is 0.923. The number of amides is 1. The zero-order valence-electron chi connectivity index (χ0n) is 11.1. The summed E-state index contributed by atoms with van der Waals surface area (Å²) < 4.78 is 5.33. The Kier molecular flexibility index (Phi) is 3.10. The number of carbonyl (C=O) groups excluding carboxylic acids is 1. The molecule has 3 atom stereocenters. The lowest BCUT2D eigenvalue weighted by molar-refractivity contribution is 0.0419. The predicted molar refractivity (Wildman–Crippen MR) is 66.7 cm³/mol. The van der Waals surface area contributed by atoms with Crippen LogP contribution in [-0.4, -0.2) is 23.3 Å². The smallest absolute Gasteiger partial charge is 0.408 e. The minimum atomic E-state index is -0.447. The number of nitrogens with two attached hydrogens (primary N) is 1. The molecule has 0 unspecified atom stereocenters. The van der Waals surface area contributed by atoms with Gasteiger partial charge in [-0.1, -0.05) is 6.42 Å². The van der Waals surface area contributed by atoms with Crippen LogP contribution in [0.5, 0.6) is 0 Å². The molecule has 2 aliphatic carbocycles. The van der Waals surface area contributed by atoms with Crippen molar-refractivity contribution in [3.05, 3.63) is 0 Å². The molecule has 0 aromatic rings. The van der Waals surface area contributed by atoms with Crippen molar-refractivity contribution in [2.75, 3.05) is 0 Å². The second-order valence-corrected chi connectivity index (χ2v) is 6.50. The van der Waals surface area contributed by atoms with E-state index in [4.69, 9.17) is 10.5 Å². The second-order valence-electron chi connectivity index (χ2n) is 6.50. The number of hydrogen-bond acceptors (Lipinski definition) is 3. The Labute approximate surface area is 103 Å². The minimum Gasteiger partial charge on any atom is -0.444 e. The molecule has 2 rings (SSSR count). The van der Waals surface area contributed by atoms with E-state index < -0.39 is 5.60 Å². The van der Waals surface area contributed by atoms with Crippen molar-refractivity contribution >= 4 is 6.09 Å². The molecule has 2 bridgehead atoms. The van der Waals surface area contributed by atoms with Crippen LogP contribution >= 0.6 is 0 Å². The molecule has 0 aromatic carbocycles. The van der Waals surface area contributed by atoms with E-state index in [0.717, 1.165) is 25.7 Å². The van der Waals surface area contributed by atoms with E-state index in [-0.39, 0.29) is 17.7 Å². The van der Waals surface area contributed by atoms with E-state index in [1.54, 1.807) is 0 Å². The molecule has 4 nitrogen and oxygen atoms in total. The average molecular weight is 240 g/mol. The highest BCUT2D eigenvalue weighted by Gasteiger charge is 2.50. The van der Waals surface area contributed by atoms with Gasteiger partial charge in [-0.15, -0.1) is 0 Å². The Balaban J connectivity index is 2.00. The van der Waals surface area contributed by atoms with Gasteiger partial charge in [-0.05, 0) is 52.4 Å². The van der Waals surface area contributed by atoms with E-state index >= 15 is 0 Å². The first-order valence-corrected chi connectivity index (χ1v) is 6.59. The van der Waals surface area contributed by atoms with E-state index in [0.29, 0.717) is 5.92 Å². The SMILES string of the molecule is CC(C)(C)OC(=O)N[C@@]12CCC[C@@H](CC1)[C@@H]2N. The van der Waals surface area contributed by atoms with Gasteiger partial charge in [0, 0.05) is 6.04 Å². The summed E-state index contributed by atoms with van der Waals surface area (Å²) in [6, 6.07) is 0.101. The molecule has 0 spiro atoms. The first kappa shape index (κ1) is 12.7. The van der Waals surface area contributed by atoms with Crippen molar-refractivity contribution in [2.24, 2.45) is 11.7 Å². The number of rotatable bonds is 1. The molecule has 3 N–H and O–H groups in total. The number of carbonyl (C=O) groups is 1. The molecule has 0 aromatic heterocycles. The summed E-state index contributed by atoms with van der Waals surface area (Å²) in [4.78, 5) is 11.9. The van der Waals surface area contributed by atoms with E-state index in [2.05, 4.69) is 5.32 Å². The molecule has 0 saturated heterocycles. The fourth-order valence-electron chi connectivity index (χ4n) is 3.25. The fourth-order valence-corrected chi connectivity index (χ4v) is 3.25. The lowest BCUT2D eigenvalue weighted by Gasteiger charge is -2.40. The highest BCUT2D eigenvalue weighted by Crippen LogP contribution is 2.44. The van der Waals surface area contributed by atoms with Gasteiger partial charge in [0.25, 0.3) is 0 Å². The number of ether oxygens (including phenoxy) is 1. The zero-order chi connectivity index (χ0) is 12.7. The first-order chi connectivity index (χ1) is 7.82. The molecule has 98 valence electrons. The van der Waals surface area contributed by atoms with Crippen LogP contribution in [0.3, 0.4) is 0 Å². The summed E-state index contributed by atoms with van der Waals surface area (Å²) in [5, 5.41) is 3.04. The van der Waals surface area contributed by atoms with Gasteiger partial charge in [-0.25, -0.2) is 4.79 Å². The Morgan fingerprint density at radius 2 is 2.06 bits per heavy atom. The Morgan fingerprint density at radius 3 is 2.71 bits per heavy atom. The van der Waals surface area contributed by atoms with Gasteiger partial charge in [0.1, 0.15) is 5.60 Å². The Bertz CT molecular complexity index is 307. The second kappa shape index (κ2) is 4.16. The van der Waals surface area contributed by atoms with Crippen LogP contribution in [0.25, 0.3) is 0 Å². The van der Waals surface area contributed by atoms with Crippen molar-refractivity contribution in [1.29, 1.82) is 0 Å². The van der Waals surface area contributed by atoms with Gasteiger partial charge in [0.2, 0.25) is 0 Å². The predicted octanol–water partition coefficient (Wildman–Crippen LogP) is 2.17. The molecule has 1 amide bonds. The van der Waals surface area contributed by atoms with Crippen LogP contribution in [0.4, 0.5) is 4.79 Å². The maximum atomic E-state index is 11.9. The average Bonchev–Trinajstić information content (AvgIpc) is 2.38. The summed E-state index contributed by atoms with van der Waals surface area (Å²) in [6.45, 7) is 5.63. The lowest BCUT2D eigenvalue weighted by atomic mass is 9.79. The standard InChI is InChI=1S/C13H24N2O2/c1-12(2,3)17-11(16)15-13-7-4-5-9(6-8-13)10(13)14/h9-10H,4-8,14H2,1-3H3,(H,15,16)/t9-,10-,13-/m0/s1. The van der Waals surface area contributed by atoms with Crippen LogP contribution in [-0.2, 0) is 4.74 Å². The monoisotopic (exact) mass is 240 g/mol. The van der Waals surface area contributed by atoms with E-state index in [9.17, 15) is 4.79 Å². The molecule has 2 aliphatic rings. The molecule has 0 aliphatic heterocycles. The summed E-state index contributed by atoms with van der Waals surface area (Å²) in [5.41, 5.74) is 5.61. The molecule has 17 heavy (non-hydrogen) atoms. The zero-order valence-corrected chi connectivity index (χ0v) is 11.1. The third-order valence-corrected chi connectivity index (χ3v) is 4.05. The number of alkyl carbamates (subject to hydrolysis) is 1. The van der Waals surface area contributed by atoms with Gasteiger partial charge in [0.15, 0.2) is 0 Å². The van der Waals surface area contributed by atoms with Crippen molar-refractivity contribution in [3.63, 3.8) is 0 Å². The lowest BCUT2D eigenvalue weighted by Crippen LogP contribution is -2.60. The number of fused-ring (bicyclic) bond motifs is 2. The van der Waals surface area contributed by atoms with Gasteiger partial charge >= 0.3 is 6.09 Å². The highest BCUT2D eigenvalue weighted by molar-refractivity contribution is 5.69. The summed E-state index contributed by atoms with van der Waals surface area (Å²) in [7, 11) is 0. The van der Waals surface area contributed by atoms with Gasteiger partial charge in [0.05, 0.1) is 5.54 Å². The molecule has 0 radical (unpaired) electrons. The number of hydrogen-bond donors (Lipinski definition) is 2.